The van der Waals surface area contributed by atoms with Crippen LogP contribution in [0.4, 0.5) is 4.79 Å². The first-order valence-electron chi connectivity index (χ1n) is 9.10. The van der Waals surface area contributed by atoms with Gasteiger partial charge in [-0.2, -0.15) is 0 Å². The molecular formula is C21H22N2O4. The fourth-order valence-corrected chi connectivity index (χ4v) is 4.10. The van der Waals surface area contributed by atoms with Crippen LogP contribution in [0.15, 0.2) is 48.5 Å². The van der Waals surface area contributed by atoms with Crippen molar-refractivity contribution < 1.29 is 19.4 Å². The van der Waals surface area contributed by atoms with E-state index < -0.39 is 17.7 Å². The van der Waals surface area contributed by atoms with Crippen LogP contribution in [0.2, 0.25) is 0 Å². The van der Waals surface area contributed by atoms with Crippen LogP contribution in [0.25, 0.3) is 0 Å². The predicted molar refractivity (Wildman–Crippen MR) is 99.3 cm³/mol. The maximum absolute atomic E-state index is 13.3. The van der Waals surface area contributed by atoms with Crippen LogP contribution >= 0.6 is 0 Å². The highest BCUT2D eigenvalue weighted by atomic mass is 16.5. The summed E-state index contributed by atoms with van der Waals surface area (Å²) in [5.41, 5.74) is 1.46. The zero-order valence-electron chi connectivity index (χ0n) is 15.1. The van der Waals surface area contributed by atoms with Crippen LogP contribution < -0.4 is 10.1 Å². The van der Waals surface area contributed by atoms with E-state index in [1.54, 1.807) is 19.2 Å². The highest BCUT2D eigenvalue weighted by Crippen LogP contribution is 2.41. The summed E-state index contributed by atoms with van der Waals surface area (Å²) >= 11 is 0. The molecule has 0 saturated carbocycles. The molecule has 2 N–H and O–H groups in total. The highest BCUT2D eigenvalue weighted by Gasteiger charge is 2.54. The molecule has 1 fully saturated rings. The average molecular weight is 366 g/mol. The van der Waals surface area contributed by atoms with E-state index in [9.17, 15) is 14.7 Å². The maximum Gasteiger partial charge on any atom is 0.325 e. The number of carbonyl (C=O) groups is 2. The number of amides is 3. The third kappa shape index (κ3) is 2.86. The topological polar surface area (TPSA) is 78.9 Å². The van der Waals surface area contributed by atoms with E-state index in [1.165, 1.54) is 0 Å². The Hall–Kier alpha value is -2.86. The fraction of sp³-hybridized carbons (Fsp3) is 0.333. The number of nitrogens with zero attached hydrogens (tertiary/aromatic N) is 1. The Labute approximate surface area is 157 Å². The summed E-state index contributed by atoms with van der Waals surface area (Å²) in [6.07, 6.45) is 1.26. The van der Waals surface area contributed by atoms with Crippen molar-refractivity contribution in [2.24, 2.45) is 0 Å². The first-order valence-corrected chi connectivity index (χ1v) is 9.10. The normalized spacial score (nSPS) is 22.5. The minimum Gasteiger partial charge on any atom is -0.497 e. The Morgan fingerprint density at radius 1 is 1.22 bits per heavy atom. The summed E-state index contributed by atoms with van der Waals surface area (Å²) in [7, 11) is 1.61. The van der Waals surface area contributed by atoms with E-state index in [0.29, 0.717) is 12.0 Å². The molecule has 1 aliphatic heterocycles. The van der Waals surface area contributed by atoms with Crippen molar-refractivity contribution in [2.75, 3.05) is 13.7 Å². The lowest BCUT2D eigenvalue weighted by atomic mass is 9.76. The lowest BCUT2D eigenvalue weighted by Gasteiger charge is -2.33. The predicted octanol–water partition coefficient (Wildman–Crippen LogP) is 2.51. The van der Waals surface area contributed by atoms with Crippen molar-refractivity contribution in [3.05, 3.63) is 65.2 Å². The number of methoxy groups -OCH3 is 1. The lowest BCUT2D eigenvalue weighted by molar-refractivity contribution is -0.133. The number of urea groups is 1. The molecule has 1 saturated heterocycles. The second kappa shape index (κ2) is 6.70. The molecule has 0 radical (unpaired) electrons. The Morgan fingerprint density at radius 2 is 2.00 bits per heavy atom. The third-order valence-electron chi connectivity index (χ3n) is 5.49. The molecule has 4 rings (SSSR count). The van der Waals surface area contributed by atoms with Crippen LogP contribution in [0, 0.1) is 0 Å². The molecule has 2 atom stereocenters. The van der Waals surface area contributed by atoms with Gasteiger partial charge in [0.1, 0.15) is 11.3 Å². The second-order valence-electron chi connectivity index (χ2n) is 7.05. The number of aliphatic hydroxyl groups excluding tert-OH is 1. The first kappa shape index (κ1) is 17.5. The van der Waals surface area contributed by atoms with Crippen LogP contribution in [0.3, 0.4) is 0 Å². The molecule has 2 aromatic rings. The number of hydrogen-bond acceptors (Lipinski definition) is 4. The van der Waals surface area contributed by atoms with E-state index in [-0.39, 0.29) is 12.5 Å². The maximum atomic E-state index is 13.3. The second-order valence-corrected chi connectivity index (χ2v) is 7.05. The van der Waals surface area contributed by atoms with Gasteiger partial charge in [-0.15, -0.1) is 0 Å². The SMILES string of the molecule is COc1ccc2c(c1)CCCC21NC(=O)N(CC(O)c2ccccc2)C1=O. The molecule has 1 spiro atoms. The van der Waals surface area contributed by atoms with Gasteiger partial charge in [0.25, 0.3) is 5.91 Å². The number of hydrogen-bond donors (Lipinski definition) is 2. The molecule has 1 heterocycles. The molecular weight excluding hydrogens is 344 g/mol. The van der Waals surface area contributed by atoms with E-state index in [4.69, 9.17) is 4.74 Å². The molecule has 0 bridgehead atoms. The summed E-state index contributed by atoms with van der Waals surface area (Å²) in [5.74, 6) is 0.438. The van der Waals surface area contributed by atoms with Gasteiger partial charge in [0.2, 0.25) is 0 Å². The zero-order chi connectivity index (χ0) is 19.0. The molecule has 27 heavy (non-hydrogen) atoms. The number of ether oxygens (including phenoxy) is 1. The van der Waals surface area contributed by atoms with Crippen molar-refractivity contribution >= 4 is 11.9 Å². The van der Waals surface area contributed by atoms with Crippen molar-refractivity contribution in [2.45, 2.75) is 30.9 Å². The number of aliphatic hydroxyl groups is 1. The van der Waals surface area contributed by atoms with Gasteiger partial charge in [0.05, 0.1) is 19.8 Å². The smallest absolute Gasteiger partial charge is 0.325 e. The number of fused-ring (bicyclic) bond motifs is 2. The number of β-amino-alcohol motifs (C(OH)–C–C–N with tert-alkyl or cyclic N) is 1. The van der Waals surface area contributed by atoms with E-state index in [2.05, 4.69) is 5.32 Å². The average Bonchev–Trinajstić information content (AvgIpc) is 2.93. The largest absolute Gasteiger partial charge is 0.497 e. The van der Waals surface area contributed by atoms with Gasteiger partial charge >= 0.3 is 6.03 Å². The molecule has 6 heteroatoms. The molecule has 3 amide bonds. The zero-order valence-corrected chi connectivity index (χ0v) is 15.1. The van der Waals surface area contributed by atoms with E-state index >= 15 is 0 Å². The molecule has 0 aromatic heterocycles. The Morgan fingerprint density at radius 3 is 2.74 bits per heavy atom. The summed E-state index contributed by atoms with van der Waals surface area (Å²) in [4.78, 5) is 27.0. The Balaban J connectivity index is 1.64. The fourth-order valence-electron chi connectivity index (χ4n) is 4.10. The lowest BCUT2D eigenvalue weighted by Crippen LogP contribution is -2.46. The number of nitrogens with one attached hydrogen (secondary N) is 1. The summed E-state index contributed by atoms with van der Waals surface area (Å²) in [5, 5.41) is 13.4. The van der Waals surface area contributed by atoms with Gasteiger partial charge in [0.15, 0.2) is 0 Å². The number of imide groups is 1. The van der Waals surface area contributed by atoms with Crippen LogP contribution in [-0.4, -0.2) is 35.6 Å². The quantitative estimate of drug-likeness (QED) is 0.815. The van der Waals surface area contributed by atoms with Crippen LogP contribution in [0.5, 0.6) is 5.75 Å². The minimum atomic E-state index is -1.05. The van der Waals surface area contributed by atoms with Crippen molar-refractivity contribution in [3.63, 3.8) is 0 Å². The van der Waals surface area contributed by atoms with Gasteiger partial charge in [-0.25, -0.2) is 4.79 Å². The molecule has 1 aliphatic carbocycles. The number of aryl methyl sites for hydroxylation is 1. The number of carbonyl (C=O) groups excluding carboxylic acids is 2. The van der Waals surface area contributed by atoms with Gasteiger partial charge in [-0.1, -0.05) is 36.4 Å². The summed E-state index contributed by atoms with van der Waals surface area (Å²) < 4.78 is 5.29. The van der Waals surface area contributed by atoms with Crippen molar-refractivity contribution in [1.29, 1.82) is 0 Å². The van der Waals surface area contributed by atoms with Gasteiger partial charge in [0, 0.05) is 0 Å². The van der Waals surface area contributed by atoms with Gasteiger partial charge < -0.3 is 15.2 Å². The molecule has 2 aromatic carbocycles. The van der Waals surface area contributed by atoms with Gasteiger partial charge in [-0.05, 0) is 48.1 Å². The van der Waals surface area contributed by atoms with E-state index in [0.717, 1.165) is 34.6 Å². The highest BCUT2D eigenvalue weighted by molar-refractivity contribution is 6.07. The summed E-state index contributed by atoms with van der Waals surface area (Å²) in [6, 6.07) is 14.2. The number of rotatable bonds is 4. The Bertz CT molecular complexity index is 883. The monoisotopic (exact) mass is 366 g/mol. The minimum absolute atomic E-state index is 0.0675. The molecule has 6 nitrogen and oxygen atoms in total. The van der Waals surface area contributed by atoms with Gasteiger partial charge in [-0.3, -0.25) is 9.69 Å². The molecule has 140 valence electrons. The van der Waals surface area contributed by atoms with E-state index in [1.807, 2.05) is 36.4 Å². The van der Waals surface area contributed by atoms with Crippen molar-refractivity contribution in [3.8, 4) is 5.75 Å². The molecule has 2 aliphatic rings. The third-order valence-corrected chi connectivity index (χ3v) is 5.49. The Kier molecular flexibility index (Phi) is 4.36. The van der Waals surface area contributed by atoms with Crippen LogP contribution in [-0.2, 0) is 16.8 Å². The standard InChI is InChI=1S/C21H22N2O4/c1-27-16-9-10-17-15(12-16)8-5-11-21(17)19(25)23(20(26)22-21)13-18(24)14-6-3-2-4-7-14/h2-4,6-7,9-10,12,18,24H,5,8,11,13H2,1H3,(H,22,26). The molecule has 2 unspecified atom stereocenters. The first-order chi connectivity index (χ1) is 13.0. The number of benzene rings is 2. The van der Waals surface area contributed by atoms with Crippen molar-refractivity contribution in [1.82, 2.24) is 10.2 Å². The summed E-state index contributed by atoms with van der Waals surface area (Å²) in [6.45, 7) is -0.0675. The van der Waals surface area contributed by atoms with Crippen LogP contribution in [0.1, 0.15) is 35.6 Å².